The molecule has 18 heavy (non-hydrogen) atoms. The van der Waals surface area contributed by atoms with E-state index in [1.165, 1.54) is 18.2 Å². The van der Waals surface area contributed by atoms with E-state index in [2.05, 4.69) is 5.32 Å². The van der Waals surface area contributed by atoms with Crippen molar-refractivity contribution in [2.45, 2.75) is 6.42 Å². The van der Waals surface area contributed by atoms with E-state index >= 15 is 0 Å². The van der Waals surface area contributed by atoms with Crippen LogP contribution in [0.25, 0.3) is 0 Å². The number of hydrogen-bond donors (Lipinski definition) is 3. The minimum absolute atomic E-state index is 0.0668. The minimum atomic E-state index is -1.22. The van der Waals surface area contributed by atoms with E-state index in [0.717, 1.165) is 17.9 Å². The van der Waals surface area contributed by atoms with Gasteiger partial charge in [-0.25, -0.2) is 4.79 Å². The van der Waals surface area contributed by atoms with Gasteiger partial charge >= 0.3 is 5.97 Å². The highest BCUT2D eigenvalue weighted by atomic mass is 32.2. The van der Waals surface area contributed by atoms with Crippen molar-refractivity contribution in [2.75, 3.05) is 16.8 Å². The van der Waals surface area contributed by atoms with Gasteiger partial charge in [0.25, 0.3) is 0 Å². The fourth-order valence-corrected chi connectivity index (χ4v) is 3.01. The number of carbonyl (C=O) groups is 2. The summed E-state index contributed by atoms with van der Waals surface area (Å²) in [5.74, 6) is -0.130. The average molecular weight is 267 g/mol. The normalized spacial score (nSPS) is 18.6. The Morgan fingerprint density at radius 2 is 2.17 bits per heavy atom. The Kier molecular flexibility index (Phi) is 3.76. The van der Waals surface area contributed by atoms with Crippen LogP contribution in [0, 0.1) is 5.92 Å². The summed E-state index contributed by atoms with van der Waals surface area (Å²) in [5, 5.41) is 21.2. The van der Waals surface area contributed by atoms with Crippen molar-refractivity contribution >= 4 is 29.3 Å². The van der Waals surface area contributed by atoms with E-state index in [-0.39, 0.29) is 23.1 Å². The van der Waals surface area contributed by atoms with Crippen LogP contribution in [-0.2, 0) is 4.79 Å². The fraction of sp³-hybridized carbons (Fsp3) is 0.333. The molecule has 2 rings (SSSR count). The molecule has 1 aromatic rings. The smallest absolute Gasteiger partial charge is 0.339 e. The summed E-state index contributed by atoms with van der Waals surface area (Å²) in [7, 11) is 0. The molecule has 5 nitrogen and oxygen atoms in total. The maximum Gasteiger partial charge on any atom is 0.339 e. The molecule has 0 aliphatic carbocycles. The number of hydrogen-bond acceptors (Lipinski definition) is 4. The lowest BCUT2D eigenvalue weighted by Gasteiger charge is -2.12. The number of carbonyl (C=O) groups excluding carboxylic acids is 1. The highest BCUT2D eigenvalue weighted by molar-refractivity contribution is 7.99. The molecule has 0 radical (unpaired) electrons. The lowest BCUT2D eigenvalue weighted by molar-refractivity contribution is -0.119. The van der Waals surface area contributed by atoms with Crippen LogP contribution in [-0.4, -0.2) is 33.6 Å². The van der Waals surface area contributed by atoms with Gasteiger partial charge in [0.2, 0.25) is 5.91 Å². The molecule has 0 saturated carbocycles. The first kappa shape index (κ1) is 12.8. The predicted octanol–water partition coefficient (Wildman–Crippen LogP) is 1.78. The molecule has 1 unspecified atom stereocenters. The van der Waals surface area contributed by atoms with Gasteiger partial charge in [0.15, 0.2) is 5.75 Å². The lowest BCUT2D eigenvalue weighted by atomic mass is 10.1. The first-order chi connectivity index (χ1) is 8.59. The summed E-state index contributed by atoms with van der Waals surface area (Å²) in [4.78, 5) is 22.7. The largest absolute Gasteiger partial charge is 0.505 e. The maximum absolute atomic E-state index is 11.9. The van der Waals surface area contributed by atoms with E-state index in [1.807, 2.05) is 0 Å². The monoisotopic (exact) mass is 267 g/mol. The van der Waals surface area contributed by atoms with Gasteiger partial charge in [0.1, 0.15) is 5.56 Å². The second-order valence-electron chi connectivity index (χ2n) is 4.06. The summed E-state index contributed by atoms with van der Waals surface area (Å²) < 4.78 is 0. The molecule has 1 aliphatic rings. The van der Waals surface area contributed by atoms with Crippen LogP contribution < -0.4 is 5.32 Å². The number of anilines is 1. The zero-order valence-electron chi connectivity index (χ0n) is 9.55. The van der Waals surface area contributed by atoms with Gasteiger partial charge in [-0.15, -0.1) is 0 Å². The number of nitrogens with one attached hydrogen (secondary N) is 1. The summed E-state index contributed by atoms with van der Waals surface area (Å²) >= 11 is 1.72. The van der Waals surface area contributed by atoms with Gasteiger partial charge in [-0.2, -0.15) is 11.8 Å². The molecule has 1 aliphatic heterocycles. The van der Waals surface area contributed by atoms with Gasteiger partial charge in [0.05, 0.1) is 5.69 Å². The number of benzene rings is 1. The first-order valence-electron chi connectivity index (χ1n) is 5.53. The molecular formula is C12H13NO4S. The van der Waals surface area contributed by atoms with Crippen LogP contribution in [0.4, 0.5) is 5.69 Å². The third-order valence-electron chi connectivity index (χ3n) is 2.82. The highest BCUT2D eigenvalue weighted by Crippen LogP contribution is 2.30. The molecule has 6 heteroatoms. The molecule has 96 valence electrons. The Morgan fingerprint density at radius 3 is 2.78 bits per heavy atom. The van der Waals surface area contributed by atoms with Gasteiger partial charge in [-0.3, -0.25) is 4.79 Å². The Hall–Kier alpha value is -1.69. The number of thioether (sulfide) groups is 1. The van der Waals surface area contributed by atoms with Gasteiger partial charge in [-0.05, 0) is 24.3 Å². The predicted molar refractivity (Wildman–Crippen MR) is 69.1 cm³/mol. The molecule has 1 atom stereocenters. The molecule has 0 bridgehead atoms. The van der Waals surface area contributed by atoms with Crippen molar-refractivity contribution in [1.82, 2.24) is 0 Å². The number of para-hydroxylation sites is 1. The Bertz CT molecular complexity index is 483. The van der Waals surface area contributed by atoms with E-state index < -0.39 is 11.7 Å². The Morgan fingerprint density at radius 1 is 1.39 bits per heavy atom. The molecule has 3 N–H and O–H groups in total. The summed E-state index contributed by atoms with van der Waals surface area (Å²) in [6.07, 6.45) is 0.815. The molecule has 0 aromatic heterocycles. The molecule has 1 fully saturated rings. The van der Waals surface area contributed by atoms with Crippen LogP contribution in [0.15, 0.2) is 18.2 Å². The number of aromatic hydroxyl groups is 1. The zero-order valence-corrected chi connectivity index (χ0v) is 10.4. The van der Waals surface area contributed by atoms with Crippen LogP contribution in [0.3, 0.4) is 0 Å². The van der Waals surface area contributed by atoms with E-state index in [0.29, 0.717) is 0 Å². The second-order valence-corrected chi connectivity index (χ2v) is 5.21. The molecule has 1 amide bonds. The number of amides is 1. The SMILES string of the molecule is O=C(O)c1cccc(NC(=O)C2CCSC2)c1O. The minimum Gasteiger partial charge on any atom is -0.505 e. The topological polar surface area (TPSA) is 86.6 Å². The molecular weight excluding hydrogens is 254 g/mol. The fourth-order valence-electron chi connectivity index (χ4n) is 1.79. The van der Waals surface area contributed by atoms with Crippen molar-refractivity contribution in [2.24, 2.45) is 5.92 Å². The Labute approximate surface area is 108 Å². The Balaban J connectivity index is 2.16. The summed E-state index contributed by atoms with van der Waals surface area (Å²) in [6.45, 7) is 0. The van der Waals surface area contributed by atoms with E-state index in [4.69, 9.17) is 5.11 Å². The van der Waals surface area contributed by atoms with Gasteiger partial charge in [-0.1, -0.05) is 6.07 Å². The quantitative estimate of drug-likeness (QED) is 0.727. The third-order valence-corrected chi connectivity index (χ3v) is 3.99. The third kappa shape index (κ3) is 2.59. The number of carboxylic acid groups (broad SMARTS) is 1. The summed E-state index contributed by atoms with van der Waals surface area (Å²) in [6, 6.07) is 4.27. The van der Waals surface area contributed by atoms with Crippen LogP contribution >= 0.6 is 11.8 Å². The van der Waals surface area contributed by atoms with Crippen LogP contribution in [0.2, 0.25) is 0 Å². The van der Waals surface area contributed by atoms with Gasteiger partial charge in [0, 0.05) is 11.7 Å². The van der Waals surface area contributed by atoms with Crippen molar-refractivity contribution in [3.63, 3.8) is 0 Å². The first-order valence-corrected chi connectivity index (χ1v) is 6.69. The lowest BCUT2D eigenvalue weighted by Crippen LogP contribution is -2.22. The van der Waals surface area contributed by atoms with Gasteiger partial charge < -0.3 is 15.5 Å². The van der Waals surface area contributed by atoms with Crippen molar-refractivity contribution in [1.29, 1.82) is 0 Å². The van der Waals surface area contributed by atoms with E-state index in [1.54, 1.807) is 11.8 Å². The average Bonchev–Trinajstić information content (AvgIpc) is 2.85. The summed E-state index contributed by atoms with van der Waals surface area (Å²) in [5.41, 5.74) is -0.0644. The molecule has 1 heterocycles. The second kappa shape index (κ2) is 5.30. The standard InChI is InChI=1S/C12H13NO4S/c14-10-8(12(16)17)2-1-3-9(10)13-11(15)7-4-5-18-6-7/h1-3,7,14H,4-6H2,(H,13,15)(H,16,17). The van der Waals surface area contributed by atoms with Crippen molar-refractivity contribution < 1.29 is 19.8 Å². The zero-order chi connectivity index (χ0) is 13.1. The number of carboxylic acids is 1. The molecule has 1 aromatic carbocycles. The molecule has 0 spiro atoms. The number of phenols is 1. The maximum atomic E-state index is 11.9. The highest BCUT2D eigenvalue weighted by Gasteiger charge is 2.24. The molecule has 1 saturated heterocycles. The van der Waals surface area contributed by atoms with E-state index in [9.17, 15) is 14.7 Å². The number of aromatic carboxylic acids is 1. The van der Waals surface area contributed by atoms with Crippen LogP contribution in [0.1, 0.15) is 16.8 Å². The van der Waals surface area contributed by atoms with Crippen molar-refractivity contribution in [3.05, 3.63) is 23.8 Å². The van der Waals surface area contributed by atoms with Crippen molar-refractivity contribution in [3.8, 4) is 5.75 Å². The van der Waals surface area contributed by atoms with Crippen LogP contribution in [0.5, 0.6) is 5.75 Å². The number of rotatable bonds is 3.